The van der Waals surface area contributed by atoms with Gasteiger partial charge in [0.05, 0.1) is 0 Å². The van der Waals surface area contributed by atoms with Gasteiger partial charge in [0.15, 0.2) is 11.5 Å². The van der Waals surface area contributed by atoms with Crippen LogP contribution in [-0.4, -0.2) is 43.9 Å². The minimum absolute atomic E-state index is 0.00325. The Bertz CT molecular complexity index is 451. The molecule has 0 radical (unpaired) electrons. The van der Waals surface area contributed by atoms with Crippen molar-refractivity contribution >= 4 is 0 Å². The Hall–Kier alpha value is -1.33. The van der Waals surface area contributed by atoms with Crippen molar-refractivity contribution in [2.24, 2.45) is 5.92 Å². The highest BCUT2D eigenvalue weighted by molar-refractivity contribution is 5.45. The highest BCUT2D eigenvalue weighted by Crippen LogP contribution is 2.37. The van der Waals surface area contributed by atoms with Crippen LogP contribution in [0.15, 0.2) is 12.1 Å². The number of hydrogen-bond acceptors (Lipinski definition) is 4. The first-order valence-corrected chi connectivity index (χ1v) is 6.41. The van der Waals surface area contributed by atoms with E-state index in [0.29, 0.717) is 30.3 Å². The molecule has 1 aromatic carbocycles. The van der Waals surface area contributed by atoms with E-state index < -0.39 is 0 Å². The number of fused-ring (bicyclic) bond motifs is 1. The molecular formula is C14H20FNO3. The summed E-state index contributed by atoms with van der Waals surface area (Å²) in [5.74, 6) is 0.608. The normalized spacial score (nSPS) is 17.4. The van der Waals surface area contributed by atoms with Gasteiger partial charge in [0.1, 0.15) is 19.0 Å². The van der Waals surface area contributed by atoms with Crippen molar-refractivity contribution in [3.05, 3.63) is 23.5 Å². The van der Waals surface area contributed by atoms with E-state index in [2.05, 4.69) is 0 Å². The lowest BCUT2D eigenvalue weighted by Crippen LogP contribution is -2.29. The van der Waals surface area contributed by atoms with Crippen LogP contribution < -0.4 is 9.47 Å². The van der Waals surface area contributed by atoms with Crippen LogP contribution in [-0.2, 0) is 0 Å². The van der Waals surface area contributed by atoms with E-state index in [1.165, 1.54) is 6.07 Å². The molecule has 1 aromatic rings. The molecule has 19 heavy (non-hydrogen) atoms. The molecule has 0 fully saturated rings. The summed E-state index contributed by atoms with van der Waals surface area (Å²) in [5, 5.41) is 9.34. The number of rotatable bonds is 4. The molecule has 0 amide bonds. The fraction of sp³-hybridized carbons (Fsp3) is 0.571. The number of aliphatic hydroxyl groups excluding tert-OH is 1. The van der Waals surface area contributed by atoms with E-state index in [1.54, 1.807) is 6.07 Å². The third kappa shape index (κ3) is 2.82. The molecule has 4 nitrogen and oxygen atoms in total. The SMILES string of the molecule is CC(CO)C(c1cc2c(cc1F)OCCO2)N(C)C. The molecule has 0 saturated heterocycles. The summed E-state index contributed by atoms with van der Waals surface area (Å²) in [6.45, 7) is 2.80. The zero-order chi connectivity index (χ0) is 14.0. The van der Waals surface area contributed by atoms with Gasteiger partial charge in [-0.2, -0.15) is 0 Å². The zero-order valence-corrected chi connectivity index (χ0v) is 11.5. The molecule has 1 aliphatic heterocycles. The molecule has 1 aliphatic rings. The lowest BCUT2D eigenvalue weighted by atomic mass is 9.93. The highest BCUT2D eigenvalue weighted by Gasteiger charge is 2.26. The fourth-order valence-corrected chi connectivity index (χ4v) is 2.50. The van der Waals surface area contributed by atoms with Crippen molar-refractivity contribution in [2.45, 2.75) is 13.0 Å². The van der Waals surface area contributed by atoms with Crippen LogP contribution in [0.4, 0.5) is 4.39 Å². The van der Waals surface area contributed by atoms with E-state index >= 15 is 0 Å². The van der Waals surface area contributed by atoms with Crippen molar-refractivity contribution in [3.8, 4) is 11.5 Å². The van der Waals surface area contributed by atoms with Gasteiger partial charge in [0.2, 0.25) is 0 Å². The molecule has 0 saturated carbocycles. The monoisotopic (exact) mass is 269 g/mol. The standard InChI is InChI=1S/C14H20FNO3/c1-9(8-17)14(16(2)3)10-6-12-13(7-11(10)15)19-5-4-18-12/h6-7,9,14,17H,4-5,8H2,1-3H3. The van der Waals surface area contributed by atoms with Gasteiger partial charge in [-0.25, -0.2) is 4.39 Å². The molecule has 0 bridgehead atoms. The molecule has 2 rings (SSSR count). The quantitative estimate of drug-likeness (QED) is 0.905. The van der Waals surface area contributed by atoms with Crippen LogP contribution in [0.2, 0.25) is 0 Å². The second-order valence-electron chi connectivity index (χ2n) is 5.09. The third-order valence-electron chi connectivity index (χ3n) is 3.36. The summed E-state index contributed by atoms with van der Waals surface area (Å²) in [6, 6.07) is 2.84. The molecule has 106 valence electrons. The van der Waals surface area contributed by atoms with Crippen LogP contribution in [0.5, 0.6) is 11.5 Å². The van der Waals surface area contributed by atoms with Gasteiger partial charge in [-0.3, -0.25) is 0 Å². The molecule has 2 atom stereocenters. The van der Waals surface area contributed by atoms with Crippen LogP contribution >= 0.6 is 0 Å². The summed E-state index contributed by atoms with van der Waals surface area (Å²) in [4.78, 5) is 1.90. The first-order valence-electron chi connectivity index (χ1n) is 6.41. The lowest BCUT2D eigenvalue weighted by molar-refractivity contribution is 0.140. The Kier molecular flexibility index (Phi) is 4.27. The minimum Gasteiger partial charge on any atom is -0.486 e. The second-order valence-corrected chi connectivity index (χ2v) is 5.09. The Labute approximate surface area is 112 Å². The number of nitrogens with zero attached hydrogens (tertiary/aromatic N) is 1. The van der Waals surface area contributed by atoms with Gasteiger partial charge in [0, 0.05) is 24.3 Å². The highest BCUT2D eigenvalue weighted by atomic mass is 19.1. The first kappa shape index (κ1) is 14.1. The maximum absolute atomic E-state index is 14.2. The molecule has 0 aromatic heterocycles. The molecule has 1 N–H and O–H groups in total. The largest absolute Gasteiger partial charge is 0.486 e. The topological polar surface area (TPSA) is 41.9 Å². The van der Waals surface area contributed by atoms with E-state index in [9.17, 15) is 9.50 Å². The zero-order valence-electron chi connectivity index (χ0n) is 11.5. The molecule has 0 aliphatic carbocycles. The second kappa shape index (κ2) is 5.75. The van der Waals surface area contributed by atoms with Crippen molar-refractivity contribution in [3.63, 3.8) is 0 Å². The van der Waals surface area contributed by atoms with Gasteiger partial charge >= 0.3 is 0 Å². The van der Waals surface area contributed by atoms with E-state index in [0.717, 1.165) is 0 Å². The number of ether oxygens (including phenoxy) is 2. The maximum atomic E-state index is 14.2. The third-order valence-corrected chi connectivity index (χ3v) is 3.36. The van der Waals surface area contributed by atoms with Crippen LogP contribution in [0.1, 0.15) is 18.5 Å². The van der Waals surface area contributed by atoms with Gasteiger partial charge in [-0.1, -0.05) is 6.92 Å². The molecule has 5 heteroatoms. The summed E-state index contributed by atoms with van der Waals surface area (Å²) >= 11 is 0. The van der Waals surface area contributed by atoms with Crippen LogP contribution in [0, 0.1) is 11.7 Å². The maximum Gasteiger partial charge on any atom is 0.164 e. The molecule has 2 unspecified atom stereocenters. The van der Waals surface area contributed by atoms with E-state index in [-0.39, 0.29) is 24.4 Å². The van der Waals surface area contributed by atoms with Gasteiger partial charge in [-0.05, 0) is 26.1 Å². The lowest BCUT2D eigenvalue weighted by Gasteiger charge is -2.31. The average molecular weight is 269 g/mol. The van der Waals surface area contributed by atoms with Crippen molar-refractivity contribution < 1.29 is 19.0 Å². The average Bonchev–Trinajstić information content (AvgIpc) is 2.39. The summed E-state index contributed by atoms with van der Waals surface area (Å²) in [5.41, 5.74) is 0.524. The number of benzene rings is 1. The Morgan fingerprint density at radius 1 is 1.26 bits per heavy atom. The summed E-state index contributed by atoms with van der Waals surface area (Å²) < 4.78 is 25.1. The van der Waals surface area contributed by atoms with Crippen molar-refractivity contribution in [2.75, 3.05) is 33.9 Å². The summed E-state index contributed by atoms with van der Waals surface area (Å²) in [7, 11) is 3.74. The Morgan fingerprint density at radius 3 is 2.37 bits per heavy atom. The fourth-order valence-electron chi connectivity index (χ4n) is 2.50. The molecular weight excluding hydrogens is 249 g/mol. The van der Waals surface area contributed by atoms with Crippen LogP contribution in [0.25, 0.3) is 0 Å². The number of halogens is 1. The number of hydrogen-bond donors (Lipinski definition) is 1. The van der Waals surface area contributed by atoms with Crippen LogP contribution in [0.3, 0.4) is 0 Å². The first-order chi connectivity index (χ1) is 9.04. The summed E-state index contributed by atoms with van der Waals surface area (Å²) in [6.07, 6.45) is 0. The number of aliphatic hydroxyl groups is 1. The minimum atomic E-state index is -0.330. The van der Waals surface area contributed by atoms with E-state index in [1.807, 2.05) is 25.9 Å². The predicted octanol–water partition coefficient (Wildman–Crippen LogP) is 1.83. The van der Waals surface area contributed by atoms with Gasteiger partial charge in [-0.15, -0.1) is 0 Å². The van der Waals surface area contributed by atoms with Crippen molar-refractivity contribution in [1.82, 2.24) is 4.90 Å². The predicted molar refractivity (Wildman–Crippen MR) is 70.1 cm³/mol. The Balaban J connectivity index is 2.42. The van der Waals surface area contributed by atoms with Crippen molar-refractivity contribution in [1.29, 1.82) is 0 Å². The molecule has 0 spiro atoms. The smallest absolute Gasteiger partial charge is 0.164 e. The van der Waals surface area contributed by atoms with Gasteiger partial charge < -0.3 is 19.5 Å². The Morgan fingerprint density at radius 2 is 1.84 bits per heavy atom. The van der Waals surface area contributed by atoms with Gasteiger partial charge in [0.25, 0.3) is 0 Å². The molecule has 1 heterocycles. The van der Waals surface area contributed by atoms with E-state index in [4.69, 9.17) is 9.47 Å².